The van der Waals surface area contributed by atoms with Crippen molar-refractivity contribution in [1.82, 2.24) is 20.0 Å². The maximum Gasteiger partial charge on any atom is 0.214 e. The summed E-state index contributed by atoms with van der Waals surface area (Å²) in [6.07, 6.45) is 4.20. The van der Waals surface area contributed by atoms with Gasteiger partial charge in [-0.1, -0.05) is 90.9 Å². The van der Waals surface area contributed by atoms with Gasteiger partial charge in [0.1, 0.15) is 17.2 Å². The molecular weight excluding hydrogens is 616 g/mol. The van der Waals surface area contributed by atoms with Gasteiger partial charge in [0.2, 0.25) is 5.78 Å². The van der Waals surface area contributed by atoms with Crippen LogP contribution in [-0.4, -0.2) is 53.9 Å². The quantitative estimate of drug-likeness (QED) is 0.175. The molecule has 252 valence electrons. The number of carbonyl (C=O) groups is 2. The third-order valence-corrected chi connectivity index (χ3v) is 9.75. The van der Waals surface area contributed by atoms with Crippen LogP contribution in [0.4, 0.5) is 0 Å². The molecule has 4 unspecified atom stereocenters. The Bertz CT molecular complexity index is 2000. The molecule has 2 N–H and O–H groups in total. The van der Waals surface area contributed by atoms with Gasteiger partial charge in [-0.2, -0.15) is 5.11 Å². The van der Waals surface area contributed by atoms with Gasteiger partial charge in [0.05, 0.1) is 18.4 Å². The predicted molar refractivity (Wildman–Crippen MR) is 187 cm³/mol. The monoisotopic (exact) mass is 658 g/mol. The fourth-order valence-electron chi connectivity index (χ4n) is 6.84. The van der Waals surface area contributed by atoms with Gasteiger partial charge < -0.3 is 10.2 Å². The fraction of sp³-hybridized carbons (Fsp3) is 0.333. The number of allylic oxidation sites excluding steroid dienone is 3. The molecule has 3 aromatic carbocycles. The van der Waals surface area contributed by atoms with E-state index in [1.165, 1.54) is 10.9 Å². The molecule has 6 rings (SSSR count). The summed E-state index contributed by atoms with van der Waals surface area (Å²) < 4.78 is 1.41. The number of para-hydroxylation sites is 1. The van der Waals surface area contributed by atoms with Gasteiger partial charge in [-0.3, -0.25) is 9.59 Å². The summed E-state index contributed by atoms with van der Waals surface area (Å²) in [4.78, 5) is 26.9. The molecule has 0 saturated carbocycles. The lowest BCUT2D eigenvalue weighted by molar-refractivity contribution is 0.0897. The lowest BCUT2D eigenvalue weighted by atomic mass is 9.80. The van der Waals surface area contributed by atoms with Gasteiger partial charge in [-0.15, -0.1) is 5.10 Å². The van der Waals surface area contributed by atoms with E-state index in [-0.39, 0.29) is 53.1 Å². The van der Waals surface area contributed by atoms with Crippen LogP contribution in [-0.2, 0) is 0 Å². The number of aromatic hydroxyl groups is 1. The molecule has 0 fully saturated rings. The molecule has 0 saturated heterocycles. The number of Topliss-reactive ketones (excluding diaryl/α,β-unsaturated/α-hetero) is 1. The van der Waals surface area contributed by atoms with Crippen molar-refractivity contribution in [1.29, 1.82) is 0 Å². The fourth-order valence-corrected chi connectivity index (χ4v) is 6.84. The number of aliphatic hydroxyl groups excluding tert-OH is 1. The summed E-state index contributed by atoms with van der Waals surface area (Å²) in [5.74, 6) is -0.0169. The average molecular weight is 659 g/mol. The van der Waals surface area contributed by atoms with Crippen molar-refractivity contribution in [2.75, 3.05) is 6.54 Å². The van der Waals surface area contributed by atoms with E-state index in [0.29, 0.717) is 28.9 Å². The molecule has 4 aromatic rings. The maximum absolute atomic E-state index is 13.6. The van der Waals surface area contributed by atoms with Crippen molar-refractivity contribution >= 4 is 11.6 Å². The highest BCUT2D eigenvalue weighted by atomic mass is 16.3. The van der Waals surface area contributed by atoms with E-state index in [4.69, 9.17) is 0 Å². The molecule has 1 aliphatic carbocycles. The minimum atomic E-state index is -1.07. The van der Waals surface area contributed by atoms with Crippen LogP contribution in [0.3, 0.4) is 0 Å². The number of hydrogen-bond donors (Lipinski definition) is 2. The van der Waals surface area contributed by atoms with Crippen LogP contribution in [0, 0.1) is 32.6 Å². The number of aromatic nitrogens is 3. The van der Waals surface area contributed by atoms with Crippen LogP contribution >= 0.6 is 0 Å². The van der Waals surface area contributed by atoms with Crippen LogP contribution in [0.15, 0.2) is 100 Å². The zero-order chi connectivity index (χ0) is 35.2. The third kappa shape index (κ3) is 6.42. The molecule has 2 aliphatic rings. The highest BCUT2D eigenvalue weighted by molar-refractivity contribution is 6.07. The van der Waals surface area contributed by atoms with Crippen LogP contribution in [0.5, 0.6) is 5.75 Å². The third-order valence-electron chi connectivity index (χ3n) is 9.75. The molecule has 0 bridgehead atoms. The molecule has 1 aromatic heterocycles. The molecule has 2 heterocycles. The van der Waals surface area contributed by atoms with Crippen molar-refractivity contribution in [3.63, 3.8) is 0 Å². The van der Waals surface area contributed by atoms with Crippen molar-refractivity contribution in [3.8, 4) is 11.4 Å². The summed E-state index contributed by atoms with van der Waals surface area (Å²) in [5, 5.41) is 40.6. The smallest absolute Gasteiger partial charge is 0.214 e. The van der Waals surface area contributed by atoms with E-state index in [1.54, 1.807) is 36.2 Å². The van der Waals surface area contributed by atoms with Crippen LogP contribution in [0.2, 0.25) is 0 Å². The Kier molecular flexibility index (Phi) is 8.83. The van der Waals surface area contributed by atoms with Gasteiger partial charge in [0.15, 0.2) is 17.0 Å². The van der Waals surface area contributed by atoms with E-state index in [0.717, 1.165) is 27.8 Å². The molecule has 4 atom stereocenters. The zero-order valence-electron chi connectivity index (χ0n) is 29.0. The molecule has 10 nitrogen and oxygen atoms in total. The lowest BCUT2D eigenvalue weighted by Gasteiger charge is -2.33. The zero-order valence-corrected chi connectivity index (χ0v) is 29.0. The van der Waals surface area contributed by atoms with E-state index in [9.17, 15) is 19.8 Å². The number of ketones is 2. The number of benzene rings is 3. The lowest BCUT2D eigenvalue weighted by Crippen LogP contribution is -2.40. The van der Waals surface area contributed by atoms with Gasteiger partial charge in [-0.05, 0) is 80.9 Å². The molecule has 1 aliphatic heterocycles. The first-order valence-corrected chi connectivity index (χ1v) is 16.6. The van der Waals surface area contributed by atoms with Gasteiger partial charge in [0.25, 0.3) is 0 Å². The second-order valence-electron chi connectivity index (χ2n) is 13.8. The van der Waals surface area contributed by atoms with Crippen molar-refractivity contribution < 1.29 is 19.8 Å². The first kappa shape index (κ1) is 33.5. The molecule has 10 heteroatoms. The number of rotatable bonds is 9. The van der Waals surface area contributed by atoms with E-state index >= 15 is 0 Å². The Morgan fingerprint density at radius 1 is 0.980 bits per heavy atom. The van der Waals surface area contributed by atoms with Crippen molar-refractivity contribution in [2.24, 2.45) is 22.2 Å². The molecular formula is C39H42N6O4. The average Bonchev–Trinajstić information content (AvgIpc) is 3.70. The largest absolute Gasteiger partial charge is 0.506 e. The number of hydrogen-bond acceptors (Lipinski definition) is 9. The number of nitrogens with zero attached hydrogens (tertiary/aromatic N) is 6. The van der Waals surface area contributed by atoms with Gasteiger partial charge >= 0.3 is 0 Å². The first-order chi connectivity index (χ1) is 23.3. The van der Waals surface area contributed by atoms with Gasteiger partial charge in [0, 0.05) is 17.0 Å². The highest BCUT2D eigenvalue weighted by Gasteiger charge is 2.44. The first-order valence-electron chi connectivity index (χ1n) is 16.6. The minimum Gasteiger partial charge on any atom is -0.506 e. The number of carbonyl (C=O) groups excluding carboxylic acids is 2. The Balaban J connectivity index is 1.16. The van der Waals surface area contributed by atoms with E-state index in [1.807, 2.05) is 57.2 Å². The van der Waals surface area contributed by atoms with Crippen LogP contribution in [0.1, 0.15) is 88.7 Å². The van der Waals surface area contributed by atoms with Crippen LogP contribution < -0.4 is 0 Å². The minimum absolute atomic E-state index is 0.0286. The van der Waals surface area contributed by atoms with Crippen molar-refractivity contribution in [2.45, 2.75) is 66.3 Å². The Morgan fingerprint density at radius 3 is 2.35 bits per heavy atom. The summed E-state index contributed by atoms with van der Waals surface area (Å²) >= 11 is 0. The molecule has 0 spiro atoms. The molecule has 0 amide bonds. The summed E-state index contributed by atoms with van der Waals surface area (Å²) in [7, 11) is 0. The second-order valence-corrected chi connectivity index (χ2v) is 13.8. The molecule has 0 radical (unpaired) electrons. The Labute approximate surface area is 286 Å². The van der Waals surface area contributed by atoms with Crippen molar-refractivity contribution in [3.05, 3.63) is 129 Å². The van der Waals surface area contributed by atoms with E-state index < -0.39 is 5.54 Å². The summed E-state index contributed by atoms with van der Waals surface area (Å²) in [6.45, 7) is 14.1. The predicted octanol–water partition coefficient (Wildman–Crippen LogP) is 7.93. The normalized spacial score (nSPS) is 21.2. The number of phenols is 1. The number of aliphatic hydroxyl groups is 1. The van der Waals surface area contributed by atoms with Crippen LogP contribution in [0.25, 0.3) is 5.69 Å². The topological polar surface area (TPSA) is 133 Å². The number of aryl methyl sites for hydroxylation is 3. The maximum atomic E-state index is 13.6. The molecule has 49 heavy (non-hydrogen) atoms. The Morgan fingerprint density at radius 2 is 1.67 bits per heavy atom. The van der Waals surface area contributed by atoms with E-state index in [2.05, 4.69) is 47.5 Å². The van der Waals surface area contributed by atoms with Gasteiger partial charge in [-0.25, -0.2) is 9.69 Å². The summed E-state index contributed by atoms with van der Waals surface area (Å²) in [5.41, 5.74) is 6.00. The SMILES string of the molecule is Cc1cc(C)cc(C(=O)C2(C)CN(C3=C(O)C(CC(C)c4ccc(C(=O)c5cn(-c6c(C)cccc6O)nn5)cc4)=CC(C)C3C)N=N2)c1. The summed E-state index contributed by atoms with van der Waals surface area (Å²) in [6, 6.07) is 18.4. The highest BCUT2D eigenvalue weighted by Crippen LogP contribution is 2.41. The Hall–Kier alpha value is -5.38. The number of phenolic OH excluding ortho intramolecular Hbond substituents is 1. The standard InChI is InChI=1S/C39H42N6O4/c1-22-15-23(2)17-31(16-22)38(49)39(7)21-45(43-41-39)35-27(6)25(4)18-30(37(35)48)19-26(5)28-11-13-29(14-12-28)36(47)32-20-44(42-40-32)34-24(3)9-8-10-33(34)46/h8-18,20,25-27,46,48H,19,21H2,1-7H3. The second kappa shape index (κ2) is 12.9.